The van der Waals surface area contributed by atoms with Gasteiger partial charge in [-0.15, -0.1) is 10.1 Å². The highest BCUT2D eigenvalue weighted by Gasteiger charge is 2.33. The van der Waals surface area contributed by atoms with Gasteiger partial charge in [-0.2, -0.15) is 0 Å². The fraction of sp³-hybridized carbons (Fsp3) is 0.400. The van der Waals surface area contributed by atoms with Gasteiger partial charge in [0.2, 0.25) is 0 Å². The second-order valence-electron chi connectivity index (χ2n) is 6.91. The number of amides is 4. The highest BCUT2D eigenvalue weighted by Crippen LogP contribution is 2.16. The molecule has 0 saturated carbocycles. The third-order valence-corrected chi connectivity index (χ3v) is 4.62. The third-order valence-electron chi connectivity index (χ3n) is 4.62. The zero-order chi connectivity index (χ0) is 21.7. The van der Waals surface area contributed by atoms with E-state index < -0.39 is 35.6 Å². The fourth-order valence-electron chi connectivity index (χ4n) is 3.04. The predicted molar refractivity (Wildman–Crippen MR) is 97.4 cm³/mol. The van der Waals surface area contributed by atoms with Gasteiger partial charge in [-0.05, 0) is 24.0 Å². The lowest BCUT2D eigenvalue weighted by atomic mass is 10.0. The molecule has 2 saturated heterocycles. The summed E-state index contributed by atoms with van der Waals surface area (Å²) in [5.41, 5.74) is 1.61. The van der Waals surface area contributed by atoms with E-state index in [4.69, 9.17) is 9.68 Å². The fourth-order valence-corrected chi connectivity index (χ4v) is 3.04. The van der Waals surface area contributed by atoms with Crippen molar-refractivity contribution in [3.8, 4) is 0 Å². The lowest BCUT2D eigenvalue weighted by molar-refractivity contribution is -0.197. The number of rotatable bonds is 8. The molecule has 0 atom stereocenters. The summed E-state index contributed by atoms with van der Waals surface area (Å²) >= 11 is 0. The summed E-state index contributed by atoms with van der Waals surface area (Å²) < 4.78 is 0. The number of carbonyl (C=O) groups excluding carboxylic acids is 6. The molecule has 30 heavy (non-hydrogen) atoms. The van der Waals surface area contributed by atoms with E-state index in [-0.39, 0.29) is 38.5 Å². The highest BCUT2D eigenvalue weighted by atomic mass is 16.7. The maximum absolute atomic E-state index is 11.9. The standard InChI is InChI=1S/C20H20N2O8/c23-15-6-7-16(24)21(15)29-19(27)10-4-13-2-1-3-14(12-13)5-11-20(28)30-22-17(25)8-9-18(22)26/h1-3,12H,4-11H2. The largest absolute Gasteiger partial charge is 0.333 e. The van der Waals surface area contributed by atoms with Gasteiger partial charge in [0.05, 0.1) is 12.8 Å². The van der Waals surface area contributed by atoms with Crippen molar-refractivity contribution in [1.82, 2.24) is 10.1 Å². The lowest BCUT2D eigenvalue weighted by Gasteiger charge is -2.13. The van der Waals surface area contributed by atoms with Crippen molar-refractivity contribution in [3.63, 3.8) is 0 Å². The minimum atomic E-state index is -0.687. The normalized spacial score (nSPS) is 16.4. The quantitative estimate of drug-likeness (QED) is 0.569. The first-order valence-corrected chi connectivity index (χ1v) is 9.54. The van der Waals surface area contributed by atoms with Crippen LogP contribution in [0, 0.1) is 0 Å². The first kappa shape index (κ1) is 21.2. The molecule has 0 aliphatic carbocycles. The Bertz CT molecular complexity index is 809. The molecular formula is C20H20N2O8. The van der Waals surface area contributed by atoms with E-state index in [0.29, 0.717) is 23.0 Å². The molecule has 0 N–H and O–H groups in total. The Balaban J connectivity index is 1.45. The van der Waals surface area contributed by atoms with Gasteiger partial charge in [-0.1, -0.05) is 24.3 Å². The highest BCUT2D eigenvalue weighted by molar-refractivity contribution is 6.02. The number of hydrogen-bond donors (Lipinski definition) is 0. The van der Waals surface area contributed by atoms with Gasteiger partial charge >= 0.3 is 11.9 Å². The number of nitrogens with zero attached hydrogens (tertiary/aromatic N) is 2. The summed E-state index contributed by atoms with van der Waals surface area (Å²) in [6.45, 7) is 0. The molecule has 0 unspecified atom stereocenters. The summed E-state index contributed by atoms with van der Waals surface area (Å²) in [5.74, 6) is -3.49. The minimum Gasteiger partial charge on any atom is -0.330 e. The third kappa shape index (κ3) is 5.28. The van der Waals surface area contributed by atoms with Crippen molar-refractivity contribution in [1.29, 1.82) is 0 Å². The molecular weight excluding hydrogens is 396 g/mol. The van der Waals surface area contributed by atoms with Gasteiger partial charge < -0.3 is 9.68 Å². The van der Waals surface area contributed by atoms with E-state index >= 15 is 0 Å². The average molecular weight is 416 g/mol. The Morgan fingerprint density at radius 3 is 1.43 bits per heavy atom. The molecule has 2 aliphatic rings. The van der Waals surface area contributed by atoms with E-state index in [0.717, 1.165) is 11.1 Å². The number of aryl methyl sites for hydroxylation is 2. The van der Waals surface area contributed by atoms with Crippen LogP contribution in [-0.2, 0) is 51.3 Å². The van der Waals surface area contributed by atoms with Crippen LogP contribution < -0.4 is 0 Å². The molecule has 2 aliphatic heterocycles. The van der Waals surface area contributed by atoms with Crippen LogP contribution in [0.4, 0.5) is 0 Å². The van der Waals surface area contributed by atoms with Crippen LogP contribution in [0.15, 0.2) is 24.3 Å². The van der Waals surface area contributed by atoms with E-state index in [1.807, 2.05) is 0 Å². The van der Waals surface area contributed by atoms with E-state index in [9.17, 15) is 28.8 Å². The second kappa shape index (κ2) is 9.29. The Kier molecular flexibility index (Phi) is 6.55. The van der Waals surface area contributed by atoms with E-state index in [2.05, 4.69) is 0 Å². The summed E-state index contributed by atoms with van der Waals surface area (Å²) in [6, 6.07) is 7.16. The first-order valence-electron chi connectivity index (χ1n) is 9.54. The topological polar surface area (TPSA) is 127 Å². The van der Waals surface area contributed by atoms with Crippen molar-refractivity contribution < 1.29 is 38.4 Å². The lowest BCUT2D eigenvalue weighted by Crippen LogP contribution is -2.32. The van der Waals surface area contributed by atoms with E-state index in [1.165, 1.54) is 0 Å². The monoisotopic (exact) mass is 416 g/mol. The molecule has 0 bridgehead atoms. The van der Waals surface area contributed by atoms with Gasteiger partial charge in [-0.3, -0.25) is 19.2 Å². The van der Waals surface area contributed by atoms with Crippen molar-refractivity contribution >= 4 is 35.6 Å². The summed E-state index contributed by atoms with van der Waals surface area (Å²) in [7, 11) is 0. The number of hydrogen-bond acceptors (Lipinski definition) is 8. The molecule has 1 aromatic carbocycles. The summed E-state index contributed by atoms with van der Waals surface area (Å²) in [6.07, 6.45) is 0.748. The number of carbonyl (C=O) groups is 6. The van der Waals surface area contributed by atoms with Gasteiger partial charge in [0.25, 0.3) is 23.6 Å². The Morgan fingerprint density at radius 1 is 0.700 bits per heavy atom. The molecule has 0 aromatic heterocycles. The van der Waals surface area contributed by atoms with Gasteiger partial charge in [0.1, 0.15) is 0 Å². The molecule has 2 heterocycles. The van der Waals surface area contributed by atoms with Crippen molar-refractivity contribution in [2.45, 2.75) is 51.4 Å². The van der Waals surface area contributed by atoms with Crippen LogP contribution in [0.1, 0.15) is 49.7 Å². The van der Waals surface area contributed by atoms with Crippen LogP contribution in [0.5, 0.6) is 0 Å². The van der Waals surface area contributed by atoms with Crippen molar-refractivity contribution in [2.24, 2.45) is 0 Å². The average Bonchev–Trinajstić information content (AvgIpc) is 3.21. The predicted octanol–water partition coefficient (Wildman–Crippen LogP) is 0.766. The van der Waals surface area contributed by atoms with Gasteiger partial charge in [0.15, 0.2) is 0 Å². The Hall–Kier alpha value is -3.56. The van der Waals surface area contributed by atoms with Crippen LogP contribution in [0.25, 0.3) is 0 Å². The van der Waals surface area contributed by atoms with Crippen LogP contribution >= 0.6 is 0 Å². The Labute approximate surface area is 171 Å². The Morgan fingerprint density at radius 2 is 1.07 bits per heavy atom. The molecule has 10 nitrogen and oxygen atoms in total. The molecule has 0 spiro atoms. The number of imide groups is 2. The van der Waals surface area contributed by atoms with Crippen LogP contribution in [0.3, 0.4) is 0 Å². The van der Waals surface area contributed by atoms with Crippen molar-refractivity contribution in [2.75, 3.05) is 0 Å². The van der Waals surface area contributed by atoms with Crippen LogP contribution in [0.2, 0.25) is 0 Å². The maximum atomic E-state index is 11.9. The summed E-state index contributed by atoms with van der Waals surface area (Å²) in [5, 5.41) is 1.03. The number of benzene rings is 1. The molecule has 2 fully saturated rings. The molecule has 158 valence electrons. The first-order chi connectivity index (χ1) is 14.3. The number of hydroxylamine groups is 4. The van der Waals surface area contributed by atoms with E-state index in [1.54, 1.807) is 24.3 Å². The molecule has 10 heteroatoms. The molecule has 4 amide bonds. The zero-order valence-corrected chi connectivity index (χ0v) is 16.1. The molecule has 0 radical (unpaired) electrons. The SMILES string of the molecule is O=C(CCc1cccc(CCC(=O)ON2C(=O)CCC2=O)c1)ON1C(=O)CCC1=O. The smallest absolute Gasteiger partial charge is 0.330 e. The van der Waals surface area contributed by atoms with Crippen LogP contribution in [-0.4, -0.2) is 45.7 Å². The minimum absolute atomic E-state index is 0.0261. The maximum Gasteiger partial charge on any atom is 0.333 e. The van der Waals surface area contributed by atoms with Gasteiger partial charge in [0, 0.05) is 25.7 Å². The zero-order valence-electron chi connectivity index (χ0n) is 16.1. The second-order valence-corrected chi connectivity index (χ2v) is 6.91. The summed E-state index contributed by atoms with van der Waals surface area (Å²) in [4.78, 5) is 79.3. The molecule has 1 aromatic rings. The van der Waals surface area contributed by atoms with Crippen molar-refractivity contribution in [3.05, 3.63) is 35.4 Å². The molecule has 3 rings (SSSR count). The van der Waals surface area contributed by atoms with Gasteiger partial charge in [-0.25, -0.2) is 9.59 Å².